The first-order valence-electron chi connectivity index (χ1n) is 12.4. The number of fused-ring (bicyclic) bond motifs is 2. The van der Waals surface area contributed by atoms with Crippen LogP contribution in [0, 0.1) is 18.8 Å². The van der Waals surface area contributed by atoms with Crippen LogP contribution < -0.4 is 9.64 Å². The number of allylic oxidation sites excluding steroid dienone is 4. The number of carbonyl (C=O) groups is 2. The molecule has 1 aliphatic heterocycles. The monoisotopic (exact) mass is 473 g/mol. The molecule has 2 aliphatic carbocycles. The first-order chi connectivity index (χ1) is 17.0. The van der Waals surface area contributed by atoms with E-state index in [1.54, 1.807) is 4.90 Å². The van der Waals surface area contributed by atoms with E-state index in [4.69, 9.17) is 14.6 Å². The summed E-state index contributed by atoms with van der Waals surface area (Å²) >= 11 is 0. The smallest absolute Gasteiger partial charge is 0.303 e. The molecular formula is C29H31NO5. The molecule has 1 amide bonds. The number of benzene rings is 2. The summed E-state index contributed by atoms with van der Waals surface area (Å²) in [6.45, 7) is 3.61. The van der Waals surface area contributed by atoms with E-state index in [2.05, 4.69) is 6.08 Å². The molecule has 1 fully saturated rings. The number of hydrogen-bond donors (Lipinski definition) is 1. The standard InChI is InChI=1S/C29H31NO5/c1-19-6-10-22(11-7-19)30-18-26-25(29(30)33)4-2-5-27(26)35-15-3-14-34-23-12-13-24-20(16-23)8-9-21(24)17-28(31)32/h2,4-7,10-13,20-21H,3,8-9,14-18H2,1H3,(H,31,32). The number of carboxylic acids is 1. The number of anilines is 1. The molecule has 2 aromatic carbocycles. The van der Waals surface area contributed by atoms with Crippen LogP contribution in [0.4, 0.5) is 5.69 Å². The maximum atomic E-state index is 12.9. The number of hydrogen-bond acceptors (Lipinski definition) is 4. The molecule has 0 spiro atoms. The van der Waals surface area contributed by atoms with Gasteiger partial charge in [0, 0.05) is 29.7 Å². The van der Waals surface area contributed by atoms with Crippen LogP contribution in [0.25, 0.3) is 0 Å². The van der Waals surface area contributed by atoms with Crippen LogP contribution in [-0.2, 0) is 16.1 Å². The minimum atomic E-state index is -0.723. The fraction of sp³-hybridized carbons (Fsp3) is 0.379. The minimum absolute atomic E-state index is 0.00630. The number of aliphatic carboxylic acids is 1. The zero-order valence-corrected chi connectivity index (χ0v) is 20.0. The van der Waals surface area contributed by atoms with Gasteiger partial charge >= 0.3 is 5.97 Å². The molecule has 1 heterocycles. The van der Waals surface area contributed by atoms with Gasteiger partial charge in [0.15, 0.2) is 0 Å². The van der Waals surface area contributed by atoms with Gasteiger partial charge in [-0.1, -0.05) is 35.4 Å². The number of nitrogens with zero attached hydrogens (tertiary/aromatic N) is 1. The predicted octanol–water partition coefficient (Wildman–Crippen LogP) is 5.66. The number of rotatable bonds is 9. The van der Waals surface area contributed by atoms with E-state index >= 15 is 0 Å². The lowest BCUT2D eigenvalue weighted by atomic mass is 9.88. The summed E-state index contributed by atoms with van der Waals surface area (Å²) in [7, 11) is 0. The molecule has 0 radical (unpaired) electrons. The normalized spacial score (nSPS) is 20.7. The van der Waals surface area contributed by atoms with Gasteiger partial charge in [-0.15, -0.1) is 0 Å². The van der Waals surface area contributed by atoms with E-state index in [1.165, 1.54) is 5.57 Å². The fourth-order valence-electron chi connectivity index (χ4n) is 5.42. The van der Waals surface area contributed by atoms with Crippen molar-refractivity contribution in [3.05, 3.63) is 82.6 Å². The molecule has 1 saturated carbocycles. The topological polar surface area (TPSA) is 76.1 Å². The van der Waals surface area contributed by atoms with Crippen LogP contribution in [0.1, 0.15) is 53.6 Å². The van der Waals surface area contributed by atoms with Crippen LogP contribution in [0.2, 0.25) is 0 Å². The molecule has 5 rings (SSSR count). The molecule has 3 aliphatic rings. The Morgan fingerprint density at radius 3 is 2.66 bits per heavy atom. The third kappa shape index (κ3) is 4.97. The lowest BCUT2D eigenvalue weighted by Gasteiger charge is -2.22. The molecular weight excluding hydrogens is 442 g/mol. The zero-order valence-electron chi connectivity index (χ0n) is 20.0. The summed E-state index contributed by atoms with van der Waals surface area (Å²) in [5, 5.41) is 9.11. The highest BCUT2D eigenvalue weighted by molar-refractivity contribution is 6.10. The third-order valence-electron chi connectivity index (χ3n) is 7.24. The zero-order chi connectivity index (χ0) is 24.4. The summed E-state index contributed by atoms with van der Waals surface area (Å²) < 4.78 is 12.1. The van der Waals surface area contributed by atoms with Gasteiger partial charge in [0.2, 0.25) is 0 Å². The van der Waals surface area contributed by atoms with E-state index < -0.39 is 5.97 Å². The third-order valence-corrected chi connectivity index (χ3v) is 7.24. The Balaban J connectivity index is 1.12. The van der Waals surface area contributed by atoms with Crippen molar-refractivity contribution in [1.82, 2.24) is 0 Å². The summed E-state index contributed by atoms with van der Waals surface area (Å²) in [6.07, 6.45) is 7.87. The fourth-order valence-corrected chi connectivity index (χ4v) is 5.42. The molecule has 6 heteroatoms. The molecule has 0 saturated heterocycles. The Bertz CT molecular complexity index is 1180. The van der Waals surface area contributed by atoms with E-state index in [9.17, 15) is 9.59 Å². The molecule has 2 unspecified atom stereocenters. The molecule has 0 bridgehead atoms. The van der Waals surface area contributed by atoms with Gasteiger partial charge in [-0.2, -0.15) is 0 Å². The van der Waals surface area contributed by atoms with Crippen LogP contribution in [-0.4, -0.2) is 30.2 Å². The second kappa shape index (κ2) is 9.98. The average molecular weight is 474 g/mol. The second-order valence-corrected chi connectivity index (χ2v) is 9.63. The first-order valence-corrected chi connectivity index (χ1v) is 12.4. The Hall–Kier alpha value is -3.54. The molecule has 2 atom stereocenters. The number of amides is 1. The molecule has 1 N–H and O–H groups in total. The molecule has 0 aromatic heterocycles. The first kappa shape index (κ1) is 23.2. The second-order valence-electron chi connectivity index (χ2n) is 9.63. The largest absolute Gasteiger partial charge is 0.498 e. The van der Waals surface area contributed by atoms with E-state index in [-0.39, 0.29) is 18.2 Å². The van der Waals surface area contributed by atoms with Crippen molar-refractivity contribution in [3.8, 4) is 5.75 Å². The summed E-state index contributed by atoms with van der Waals surface area (Å²) in [5.41, 5.74) is 4.96. The highest BCUT2D eigenvalue weighted by atomic mass is 16.5. The van der Waals surface area contributed by atoms with Gasteiger partial charge in [-0.25, -0.2) is 0 Å². The van der Waals surface area contributed by atoms with Crippen molar-refractivity contribution >= 4 is 17.6 Å². The van der Waals surface area contributed by atoms with Crippen molar-refractivity contribution in [2.24, 2.45) is 11.8 Å². The molecule has 182 valence electrons. The number of ether oxygens (including phenoxy) is 2. The van der Waals surface area contributed by atoms with Gasteiger partial charge in [0.1, 0.15) is 5.75 Å². The summed E-state index contributed by atoms with van der Waals surface area (Å²) in [4.78, 5) is 25.8. The maximum Gasteiger partial charge on any atom is 0.303 e. The predicted molar refractivity (Wildman–Crippen MR) is 133 cm³/mol. The average Bonchev–Trinajstić information content (AvgIpc) is 3.40. The van der Waals surface area contributed by atoms with Gasteiger partial charge < -0.3 is 19.5 Å². The van der Waals surface area contributed by atoms with Gasteiger partial charge in [-0.05, 0) is 61.9 Å². The lowest BCUT2D eigenvalue weighted by molar-refractivity contribution is -0.137. The van der Waals surface area contributed by atoms with E-state index in [1.807, 2.05) is 55.5 Å². The summed E-state index contributed by atoms with van der Waals surface area (Å²) in [5.74, 6) is 1.59. The van der Waals surface area contributed by atoms with Crippen molar-refractivity contribution < 1.29 is 24.2 Å². The number of carbonyl (C=O) groups excluding carboxylic acids is 1. The van der Waals surface area contributed by atoms with Crippen molar-refractivity contribution in [2.45, 2.75) is 45.6 Å². The minimum Gasteiger partial charge on any atom is -0.498 e. The quantitative estimate of drug-likeness (QED) is 0.476. The SMILES string of the molecule is Cc1ccc(N2Cc3c(OCCCOC4=CC=C5C(CC(=O)O)CCC5C4)cccc3C2=O)cc1. The number of aryl methyl sites for hydroxylation is 1. The van der Waals surface area contributed by atoms with E-state index in [0.717, 1.165) is 54.0 Å². The van der Waals surface area contributed by atoms with Crippen LogP contribution >= 0.6 is 0 Å². The Labute approximate surface area is 205 Å². The molecule has 2 aromatic rings. The van der Waals surface area contributed by atoms with Crippen LogP contribution in [0.3, 0.4) is 0 Å². The van der Waals surface area contributed by atoms with Crippen molar-refractivity contribution in [3.63, 3.8) is 0 Å². The van der Waals surface area contributed by atoms with Crippen LogP contribution in [0.15, 0.2) is 65.9 Å². The van der Waals surface area contributed by atoms with Crippen molar-refractivity contribution in [2.75, 3.05) is 18.1 Å². The summed E-state index contributed by atoms with van der Waals surface area (Å²) in [6, 6.07) is 13.7. The molecule has 35 heavy (non-hydrogen) atoms. The highest BCUT2D eigenvalue weighted by Gasteiger charge is 2.34. The lowest BCUT2D eigenvalue weighted by Crippen LogP contribution is -2.22. The Kier molecular flexibility index (Phi) is 6.62. The number of carboxylic acid groups (broad SMARTS) is 1. The molecule has 6 nitrogen and oxygen atoms in total. The van der Waals surface area contributed by atoms with Gasteiger partial charge in [0.25, 0.3) is 5.91 Å². The van der Waals surface area contributed by atoms with E-state index in [0.29, 0.717) is 31.2 Å². The van der Waals surface area contributed by atoms with Crippen molar-refractivity contribution in [1.29, 1.82) is 0 Å². The highest BCUT2D eigenvalue weighted by Crippen LogP contribution is 2.44. The van der Waals surface area contributed by atoms with Gasteiger partial charge in [-0.3, -0.25) is 9.59 Å². The Morgan fingerprint density at radius 1 is 1.06 bits per heavy atom. The van der Waals surface area contributed by atoms with Gasteiger partial charge in [0.05, 0.1) is 31.9 Å². The maximum absolute atomic E-state index is 12.9. The van der Waals surface area contributed by atoms with Crippen LogP contribution in [0.5, 0.6) is 5.75 Å². The Morgan fingerprint density at radius 2 is 1.86 bits per heavy atom.